The number of hydrogen-bond donors (Lipinski definition) is 0. The first-order valence-corrected chi connectivity index (χ1v) is 4.67. The molecular weight excluding hydrogens is 243 g/mol. The van der Waals surface area contributed by atoms with Gasteiger partial charge in [0.25, 0.3) is 0 Å². The van der Waals surface area contributed by atoms with Gasteiger partial charge in [-0.2, -0.15) is 0 Å². The summed E-state index contributed by atoms with van der Waals surface area (Å²) >= 11 is 0. The standard InChI is InChI=1S/C10H13BF3O.K/c1-10(2,3)15-9-6-4-5-8(7-9)11(12,13)14;/h4-7H,1-3H3;/q-1;+1. The third kappa shape index (κ3) is 5.72. The van der Waals surface area contributed by atoms with Gasteiger partial charge < -0.3 is 17.7 Å². The summed E-state index contributed by atoms with van der Waals surface area (Å²) in [5.41, 5.74) is -1.12. The van der Waals surface area contributed by atoms with Crippen LogP contribution in [0.1, 0.15) is 20.8 Å². The van der Waals surface area contributed by atoms with Crippen LogP contribution in [0.25, 0.3) is 0 Å². The van der Waals surface area contributed by atoms with Crippen LogP contribution in [0.5, 0.6) is 5.75 Å². The van der Waals surface area contributed by atoms with Crippen molar-refractivity contribution in [2.24, 2.45) is 0 Å². The molecule has 0 aromatic heterocycles. The van der Waals surface area contributed by atoms with Gasteiger partial charge in [0.15, 0.2) is 0 Å². The largest absolute Gasteiger partial charge is 1.00 e. The van der Waals surface area contributed by atoms with Crippen molar-refractivity contribution in [3.8, 4) is 5.75 Å². The normalized spacial score (nSPS) is 11.9. The molecule has 0 unspecified atom stereocenters. The van der Waals surface area contributed by atoms with Gasteiger partial charge in [0.05, 0.1) is 0 Å². The molecule has 1 aromatic rings. The van der Waals surface area contributed by atoms with Crippen LogP contribution in [0.2, 0.25) is 0 Å². The van der Waals surface area contributed by atoms with E-state index in [1.165, 1.54) is 12.1 Å². The van der Waals surface area contributed by atoms with Gasteiger partial charge in [-0.3, -0.25) is 0 Å². The van der Waals surface area contributed by atoms with Gasteiger partial charge in [0, 0.05) is 0 Å². The second-order valence-corrected chi connectivity index (χ2v) is 4.36. The fourth-order valence-corrected chi connectivity index (χ4v) is 1.14. The van der Waals surface area contributed by atoms with E-state index in [2.05, 4.69) is 0 Å². The molecule has 0 spiro atoms. The molecular formula is C10H13BF3KO. The summed E-state index contributed by atoms with van der Waals surface area (Å²) in [7, 11) is 0. The van der Waals surface area contributed by atoms with Crippen molar-refractivity contribution in [3.63, 3.8) is 0 Å². The van der Waals surface area contributed by atoms with E-state index >= 15 is 0 Å². The Morgan fingerprint density at radius 3 is 2.12 bits per heavy atom. The Labute approximate surface area is 136 Å². The summed E-state index contributed by atoms with van der Waals surface area (Å²) in [6.45, 7) is 0.419. The Balaban J connectivity index is 0.00000225. The molecule has 6 heteroatoms. The van der Waals surface area contributed by atoms with E-state index in [-0.39, 0.29) is 57.1 Å². The summed E-state index contributed by atoms with van der Waals surface area (Å²) in [6.07, 6.45) is 0. The summed E-state index contributed by atoms with van der Waals surface area (Å²) in [5, 5.41) is 0. The quantitative estimate of drug-likeness (QED) is 0.673. The molecule has 0 aliphatic rings. The molecule has 0 N–H and O–H groups in total. The number of ether oxygens (including phenoxy) is 1. The predicted octanol–water partition coefficient (Wildman–Crippen LogP) is -0.0777. The van der Waals surface area contributed by atoms with Gasteiger partial charge >= 0.3 is 58.4 Å². The SMILES string of the molecule is CC(C)(C)Oc1cccc([B-](F)(F)F)c1.[K+]. The Kier molecular flexibility index (Phi) is 6.10. The minimum absolute atomic E-state index is 0. The van der Waals surface area contributed by atoms with Crippen LogP contribution >= 0.6 is 0 Å². The first-order chi connectivity index (χ1) is 6.68. The maximum atomic E-state index is 12.4. The summed E-state index contributed by atoms with van der Waals surface area (Å²) in [5.74, 6) is 0.249. The first kappa shape index (κ1) is 16.5. The van der Waals surface area contributed by atoms with Gasteiger partial charge in [0.2, 0.25) is 0 Å². The van der Waals surface area contributed by atoms with E-state index in [1.54, 1.807) is 20.8 Å². The molecule has 0 fully saturated rings. The van der Waals surface area contributed by atoms with Crippen LogP contribution < -0.4 is 61.6 Å². The number of halogens is 3. The van der Waals surface area contributed by atoms with Gasteiger partial charge in [-0.05, 0) is 32.9 Å². The monoisotopic (exact) mass is 256 g/mol. The van der Waals surface area contributed by atoms with Crippen molar-refractivity contribution in [2.45, 2.75) is 26.4 Å². The average Bonchev–Trinajstić information content (AvgIpc) is 1.99. The molecule has 0 atom stereocenters. The van der Waals surface area contributed by atoms with Crippen molar-refractivity contribution in [1.82, 2.24) is 0 Å². The number of hydrogen-bond acceptors (Lipinski definition) is 1. The van der Waals surface area contributed by atoms with E-state index < -0.39 is 18.0 Å². The van der Waals surface area contributed by atoms with E-state index in [0.29, 0.717) is 0 Å². The maximum absolute atomic E-state index is 12.4. The molecule has 1 aromatic carbocycles. The van der Waals surface area contributed by atoms with Crippen molar-refractivity contribution >= 4 is 12.4 Å². The topological polar surface area (TPSA) is 9.23 Å². The molecule has 0 radical (unpaired) electrons. The molecule has 0 aliphatic carbocycles. The Morgan fingerprint density at radius 2 is 1.69 bits per heavy atom. The van der Waals surface area contributed by atoms with Gasteiger partial charge in [0.1, 0.15) is 11.4 Å². The minimum Gasteiger partial charge on any atom is -0.488 e. The molecule has 1 rings (SSSR count). The molecule has 84 valence electrons. The predicted molar refractivity (Wildman–Crippen MR) is 55.5 cm³/mol. The van der Waals surface area contributed by atoms with Crippen molar-refractivity contribution in [1.29, 1.82) is 0 Å². The van der Waals surface area contributed by atoms with Crippen LogP contribution in [0, 0.1) is 0 Å². The zero-order chi connectivity index (χ0) is 11.7. The maximum Gasteiger partial charge on any atom is 1.00 e. The molecule has 1 nitrogen and oxygen atoms in total. The second kappa shape index (κ2) is 5.91. The third-order valence-electron chi connectivity index (χ3n) is 1.66. The van der Waals surface area contributed by atoms with E-state index in [1.807, 2.05) is 0 Å². The third-order valence-corrected chi connectivity index (χ3v) is 1.66. The summed E-state index contributed by atoms with van der Waals surface area (Å²) in [4.78, 5) is 0. The van der Waals surface area contributed by atoms with Crippen LogP contribution in [0.3, 0.4) is 0 Å². The fourth-order valence-electron chi connectivity index (χ4n) is 1.14. The van der Waals surface area contributed by atoms with E-state index in [0.717, 1.165) is 12.1 Å². The summed E-state index contributed by atoms with van der Waals surface area (Å²) in [6, 6.07) is 4.96. The molecule has 0 bridgehead atoms. The summed E-state index contributed by atoms with van der Waals surface area (Å²) < 4.78 is 42.6. The Morgan fingerprint density at radius 1 is 1.12 bits per heavy atom. The van der Waals surface area contributed by atoms with Crippen molar-refractivity contribution in [2.75, 3.05) is 0 Å². The molecule has 0 amide bonds. The van der Waals surface area contributed by atoms with Crippen LogP contribution in [0.4, 0.5) is 12.9 Å². The van der Waals surface area contributed by atoms with E-state index in [9.17, 15) is 12.9 Å². The van der Waals surface area contributed by atoms with Crippen LogP contribution in [0.15, 0.2) is 24.3 Å². The molecule has 16 heavy (non-hydrogen) atoms. The van der Waals surface area contributed by atoms with Crippen molar-refractivity contribution < 1.29 is 69.1 Å². The van der Waals surface area contributed by atoms with E-state index in [4.69, 9.17) is 4.74 Å². The molecule has 0 saturated heterocycles. The minimum atomic E-state index is -4.95. The zero-order valence-electron chi connectivity index (χ0n) is 9.93. The van der Waals surface area contributed by atoms with Crippen molar-refractivity contribution in [3.05, 3.63) is 24.3 Å². The average molecular weight is 256 g/mol. The van der Waals surface area contributed by atoms with Gasteiger partial charge in [-0.1, -0.05) is 12.1 Å². The van der Waals surface area contributed by atoms with Crippen LogP contribution in [-0.4, -0.2) is 12.6 Å². The molecule has 0 saturated carbocycles. The number of benzene rings is 1. The fraction of sp³-hybridized carbons (Fsp3) is 0.400. The first-order valence-electron chi connectivity index (χ1n) is 4.67. The zero-order valence-corrected chi connectivity index (χ0v) is 13.1. The Bertz CT molecular complexity index is 347. The Hall–Kier alpha value is 0.511. The second-order valence-electron chi connectivity index (χ2n) is 4.36. The molecule has 0 heterocycles. The smallest absolute Gasteiger partial charge is 0.488 e. The van der Waals surface area contributed by atoms with Crippen LogP contribution in [-0.2, 0) is 0 Å². The van der Waals surface area contributed by atoms with Gasteiger partial charge in [-0.15, -0.1) is 5.46 Å². The number of rotatable bonds is 2. The molecule has 0 aliphatic heterocycles. The van der Waals surface area contributed by atoms with Gasteiger partial charge in [-0.25, -0.2) is 0 Å².